The first-order chi connectivity index (χ1) is 17.6. The highest BCUT2D eigenvalue weighted by Crippen LogP contribution is 2.32. The molecule has 36 heavy (non-hydrogen) atoms. The van der Waals surface area contributed by atoms with Crippen LogP contribution in [0, 0.1) is 0 Å². The number of morpholine rings is 1. The molecule has 2 aliphatic rings. The van der Waals surface area contributed by atoms with Gasteiger partial charge in [-0.25, -0.2) is 9.97 Å². The van der Waals surface area contributed by atoms with Gasteiger partial charge in [-0.2, -0.15) is 4.98 Å². The number of hydrogen-bond acceptors (Lipinski definition) is 9. The topological polar surface area (TPSA) is 84.9 Å². The summed E-state index contributed by atoms with van der Waals surface area (Å²) in [4.78, 5) is 18.2. The minimum Gasteiger partial charge on any atom is -0.489 e. The second-order valence-electron chi connectivity index (χ2n) is 9.74. The van der Waals surface area contributed by atoms with Crippen molar-refractivity contribution in [2.75, 3.05) is 63.8 Å². The molecule has 5 rings (SSSR count). The van der Waals surface area contributed by atoms with Gasteiger partial charge in [-0.3, -0.25) is 0 Å². The number of likely N-dealkylation sites (N-methyl/N-ethyl adjacent to an activating group) is 1. The Balaban J connectivity index is 1.17. The van der Waals surface area contributed by atoms with Crippen LogP contribution in [0.2, 0.25) is 0 Å². The number of anilines is 2. The molecule has 3 aromatic rings. The van der Waals surface area contributed by atoms with E-state index in [-0.39, 0.29) is 6.10 Å². The fourth-order valence-corrected chi connectivity index (χ4v) is 4.67. The monoisotopic (exact) mass is 492 g/mol. The Morgan fingerprint density at radius 1 is 1.06 bits per heavy atom. The minimum absolute atomic E-state index is 0.146. The van der Waals surface area contributed by atoms with Crippen molar-refractivity contribution < 1.29 is 14.2 Å². The molecule has 1 saturated heterocycles. The van der Waals surface area contributed by atoms with Gasteiger partial charge in [0.15, 0.2) is 5.75 Å². The number of pyridine rings is 1. The van der Waals surface area contributed by atoms with Crippen LogP contribution in [0.4, 0.5) is 11.8 Å². The van der Waals surface area contributed by atoms with Gasteiger partial charge < -0.3 is 29.3 Å². The van der Waals surface area contributed by atoms with Crippen LogP contribution < -0.4 is 19.7 Å². The predicted molar refractivity (Wildman–Crippen MR) is 141 cm³/mol. The average Bonchev–Trinajstić information content (AvgIpc) is 2.91. The van der Waals surface area contributed by atoms with Crippen molar-refractivity contribution in [1.82, 2.24) is 19.9 Å². The van der Waals surface area contributed by atoms with E-state index in [1.54, 1.807) is 12.4 Å². The number of nitrogens with zero attached hydrogens (tertiary/aromatic N) is 5. The molecule has 1 saturated carbocycles. The number of rotatable bonds is 9. The van der Waals surface area contributed by atoms with Crippen molar-refractivity contribution >= 4 is 22.5 Å². The highest BCUT2D eigenvalue weighted by Gasteiger charge is 2.25. The van der Waals surface area contributed by atoms with Crippen LogP contribution in [-0.4, -0.2) is 85.5 Å². The van der Waals surface area contributed by atoms with Crippen LogP contribution in [0.5, 0.6) is 11.6 Å². The van der Waals surface area contributed by atoms with Crippen molar-refractivity contribution in [3.05, 3.63) is 42.7 Å². The van der Waals surface area contributed by atoms with Crippen LogP contribution in [-0.2, 0) is 4.74 Å². The molecule has 1 aliphatic heterocycles. The van der Waals surface area contributed by atoms with E-state index in [4.69, 9.17) is 19.2 Å². The fourth-order valence-electron chi connectivity index (χ4n) is 4.67. The predicted octanol–water partition coefficient (Wildman–Crippen LogP) is 3.60. The lowest BCUT2D eigenvalue weighted by molar-refractivity contribution is 0.122. The lowest BCUT2D eigenvalue weighted by atomic mass is 9.93. The maximum absolute atomic E-state index is 6.52. The highest BCUT2D eigenvalue weighted by atomic mass is 16.5. The summed E-state index contributed by atoms with van der Waals surface area (Å²) in [6.07, 6.45) is 7.53. The normalized spacial score (nSPS) is 20.5. The molecular formula is C27H36N6O3. The van der Waals surface area contributed by atoms with Crippen molar-refractivity contribution in [2.45, 2.75) is 37.8 Å². The molecule has 0 spiro atoms. The van der Waals surface area contributed by atoms with E-state index >= 15 is 0 Å². The first kappa shape index (κ1) is 24.5. The van der Waals surface area contributed by atoms with Crippen LogP contribution >= 0.6 is 0 Å². The molecule has 0 bridgehead atoms. The Hall–Kier alpha value is -3.17. The Bertz CT molecular complexity index is 1110. The third-order valence-electron chi connectivity index (χ3n) is 6.75. The first-order valence-electron chi connectivity index (χ1n) is 12.9. The maximum Gasteiger partial charge on any atom is 0.223 e. The van der Waals surface area contributed by atoms with E-state index in [1.165, 1.54) is 0 Å². The molecule has 0 unspecified atom stereocenters. The minimum atomic E-state index is 0.146. The van der Waals surface area contributed by atoms with Gasteiger partial charge in [-0.05, 0) is 57.3 Å². The van der Waals surface area contributed by atoms with E-state index in [9.17, 15) is 0 Å². The number of ether oxygens (including phenoxy) is 3. The van der Waals surface area contributed by atoms with Gasteiger partial charge >= 0.3 is 0 Å². The molecule has 2 fully saturated rings. The Labute approximate surface area is 212 Å². The first-order valence-corrected chi connectivity index (χ1v) is 12.9. The number of aromatic nitrogens is 3. The SMILES string of the molecule is CN(C)CCOc1cnc(NC2CCC(Oc3nc(N4CCOCC4)cc4ccccc34)CC2)nc1. The van der Waals surface area contributed by atoms with Crippen LogP contribution in [0.3, 0.4) is 0 Å². The molecule has 1 aromatic carbocycles. The number of fused-ring (bicyclic) bond motifs is 1. The molecule has 1 N–H and O–H groups in total. The van der Waals surface area contributed by atoms with Crippen LogP contribution in [0.25, 0.3) is 10.8 Å². The summed E-state index contributed by atoms with van der Waals surface area (Å²) in [6, 6.07) is 10.8. The van der Waals surface area contributed by atoms with Crippen molar-refractivity contribution in [2.24, 2.45) is 0 Å². The molecule has 0 amide bonds. The summed E-state index contributed by atoms with van der Waals surface area (Å²) < 4.78 is 17.7. The van der Waals surface area contributed by atoms with Crippen molar-refractivity contribution in [3.63, 3.8) is 0 Å². The number of benzene rings is 1. The lowest BCUT2D eigenvalue weighted by Gasteiger charge is -2.31. The van der Waals surface area contributed by atoms with E-state index in [1.807, 2.05) is 20.2 Å². The summed E-state index contributed by atoms with van der Waals surface area (Å²) in [5.74, 6) is 3.04. The van der Waals surface area contributed by atoms with Crippen LogP contribution in [0.15, 0.2) is 42.7 Å². The second kappa shape index (κ2) is 11.7. The van der Waals surface area contributed by atoms with Gasteiger partial charge in [-0.1, -0.05) is 18.2 Å². The molecule has 192 valence electrons. The van der Waals surface area contributed by atoms with E-state index < -0.39 is 0 Å². The average molecular weight is 493 g/mol. The number of hydrogen-bond donors (Lipinski definition) is 1. The molecule has 2 aromatic heterocycles. The molecule has 9 heteroatoms. The highest BCUT2D eigenvalue weighted by molar-refractivity contribution is 5.89. The molecular weight excluding hydrogens is 456 g/mol. The summed E-state index contributed by atoms with van der Waals surface area (Å²) >= 11 is 0. The van der Waals surface area contributed by atoms with E-state index in [0.29, 0.717) is 24.3 Å². The summed E-state index contributed by atoms with van der Waals surface area (Å²) in [7, 11) is 4.04. The van der Waals surface area contributed by atoms with Gasteiger partial charge in [0, 0.05) is 31.1 Å². The molecule has 0 radical (unpaired) electrons. The van der Waals surface area contributed by atoms with Crippen molar-refractivity contribution in [1.29, 1.82) is 0 Å². The largest absolute Gasteiger partial charge is 0.489 e. The van der Waals surface area contributed by atoms with Crippen LogP contribution in [0.1, 0.15) is 25.7 Å². The van der Waals surface area contributed by atoms with Gasteiger partial charge in [0.05, 0.1) is 25.6 Å². The smallest absolute Gasteiger partial charge is 0.223 e. The Morgan fingerprint density at radius 3 is 2.56 bits per heavy atom. The Kier molecular flexibility index (Phi) is 7.98. The summed E-state index contributed by atoms with van der Waals surface area (Å²) in [6.45, 7) is 4.65. The molecule has 3 heterocycles. The molecule has 1 aliphatic carbocycles. The quantitative estimate of drug-likeness (QED) is 0.481. The van der Waals surface area contributed by atoms with E-state index in [0.717, 1.165) is 81.0 Å². The second-order valence-corrected chi connectivity index (χ2v) is 9.74. The van der Waals surface area contributed by atoms with E-state index in [2.05, 4.69) is 49.4 Å². The zero-order chi connectivity index (χ0) is 24.7. The summed E-state index contributed by atoms with van der Waals surface area (Å²) in [5, 5.41) is 5.70. The lowest BCUT2D eigenvalue weighted by Crippen LogP contribution is -2.37. The van der Waals surface area contributed by atoms with Gasteiger partial charge in [0.1, 0.15) is 18.5 Å². The van der Waals surface area contributed by atoms with Gasteiger partial charge in [-0.15, -0.1) is 0 Å². The van der Waals surface area contributed by atoms with Gasteiger partial charge in [0.25, 0.3) is 0 Å². The van der Waals surface area contributed by atoms with Gasteiger partial charge in [0.2, 0.25) is 11.8 Å². The summed E-state index contributed by atoms with van der Waals surface area (Å²) in [5.41, 5.74) is 0. The number of nitrogens with one attached hydrogen (secondary N) is 1. The Morgan fingerprint density at radius 2 is 1.81 bits per heavy atom. The zero-order valence-electron chi connectivity index (χ0n) is 21.2. The van der Waals surface area contributed by atoms with Crippen molar-refractivity contribution in [3.8, 4) is 11.6 Å². The standard InChI is InChI=1S/C27H36N6O3/c1-32(2)11-16-35-23-18-28-27(29-19-23)30-21-7-9-22(10-8-21)36-26-24-6-4-3-5-20(24)17-25(31-26)33-12-14-34-15-13-33/h3-6,17-19,21-22H,7-16H2,1-2H3,(H,28,29,30). The third kappa shape index (κ3) is 6.33. The molecule has 0 atom stereocenters. The fraction of sp³-hybridized carbons (Fsp3) is 0.519. The maximum atomic E-state index is 6.52. The zero-order valence-corrected chi connectivity index (χ0v) is 21.2. The third-order valence-corrected chi connectivity index (χ3v) is 6.75. The molecule has 9 nitrogen and oxygen atoms in total.